The minimum Gasteiger partial charge on any atom is -0.357 e. The van der Waals surface area contributed by atoms with Gasteiger partial charge in [0.1, 0.15) is 0 Å². The molecule has 1 saturated heterocycles. The Morgan fingerprint density at radius 1 is 1.23 bits per heavy atom. The summed E-state index contributed by atoms with van der Waals surface area (Å²) in [5.74, 6) is 1.54. The fraction of sp³-hybridized carbons (Fsp3) is 0.900. The summed E-state index contributed by atoms with van der Waals surface area (Å²) in [6.45, 7) is 14.1. The summed E-state index contributed by atoms with van der Waals surface area (Å²) in [5, 5.41) is 6.89. The molecule has 1 unspecified atom stereocenters. The van der Waals surface area contributed by atoms with E-state index in [0.717, 1.165) is 64.5 Å². The van der Waals surface area contributed by atoms with E-state index in [4.69, 9.17) is 4.99 Å². The molecule has 0 aromatic carbocycles. The highest BCUT2D eigenvalue weighted by Gasteiger charge is 2.32. The number of nitrogens with one attached hydrogen (secondary N) is 2. The molecule has 0 spiro atoms. The van der Waals surface area contributed by atoms with Gasteiger partial charge in [0, 0.05) is 44.2 Å². The highest BCUT2D eigenvalue weighted by Crippen LogP contribution is 2.27. The lowest BCUT2D eigenvalue weighted by Crippen LogP contribution is -2.45. The van der Waals surface area contributed by atoms with Crippen LogP contribution < -0.4 is 10.6 Å². The van der Waals surface area contributed by atoms with Crippen molar-refractivity contribution in [2.24, 2.45) is 10.9 Å². The Balaban J connectivity index is 1.81. The summed E-state index contributed by atoms with van der Waals surface area (Å²) < 4.78 is 0. The summed E-state index contributed by atoms with van der Waals surface area (Å²) in [4.78, 5) is 21.8. The minimum atomic E-state index is 0.284. The third-order valence-electron chi connectivity index (χ3n) is 5.68. The number of likely N-dealkylation sites (N-methyl/N-ethyl adjacent to an activating group) is 1. The van der Waals surface area contributed by atoms with Gasteiger partial charge in [-0.25, -0.2) is 0 Å². The van der Waals surface area contributed by atoms with E-state index in [9.17, 15) is 4.79 Å². The van der Waals surface area contributed by atoms with Crippen molar-refractivity contribution in [3.05, 3.63) is 0 Å². The minimum absolute atomic E-state index is 0.284. The van der Waals surface area contributed by atoms with Gasteiger partial charge in [0.25, 0.3) is 0 Å². The standard InChI is InChI=1S/C20H39N5O/c1-5-21-20(22-12-14-24(6-2)16(3)4)23-18-11-13-25(15-18)19(26)17-9-7-8-10-17/h16-18H,5-15H2,1-4H3,(H2,21,22,23). The zero-order valence-corrected chi connectivity index (χ0v) is 17.3. The summed E-state index contributed by atoms with van der Waals surface area (Å²) in [5.41, 5.74) is 0. The van der Waals surface area contributed by atoms with Gasteiger partial charge in [-0.2, -0.15) is 0 Å². The molecule has 6 nitrogen and oxygen atoms in total. The molecule has 2 rings (SSSR count). The fourth-order valence-corrected chi connectivity index (χ4v) is 4.09. The number of aliphatic imine (C=N–C) groups is 1. The van der Waals surface area contributed by atoms with Crippen molar-refractivity contribution < 1.29 is 4.79 Å². The second-order valence-corrected chi connectivity index (χ2v) is 7.88. The van der Waals surface area contributed by atoms with Crippen molar-refractivity contribution >= 4 is 11.9 Å². The van der Waals surface area contributed by atoms with E-state index < -0.39 is 0 Å². The molecule has 1 aliphatic heterocycles. The first-order chi connectivity index (χ1) is 12.5. The highest BCUT2D eigenvalue weighted by atomic mass is 16.2. The summed E-state index contributed by atoms with van der Waals surface area (Å²) in [7, 11) is 0. The van der Waals surface area contributed by atoms with Gasteiger partial charge >= 0.3 is 0 Å². The molecule has 26 heavy (non-hydrogen) atoms. The van der Waals surface area contributed by atoms with Crippen molar-refractivity contribution in [3.63, 3.8) is 0 Å². The average Bonchev–Trinajstić information content (AvgIpc) is 3.29. The summed E-state index contributed by atoms with van der Waals surface area (Å²) in [6, 6.07) is 0.862. The summed E-state index contributed by atoms with van der Waals surface area (Å²) in [6.07, 6.45) is 5.61. The molecule has 150 valence electrons. The fourth-order valence-electron chi connectivity index (χ4n) is 4.09. The van der Waals surface area contributed by atoms with E-state index in [1.807, 2.05) is 0 Å². The lowest BCUT2D eigenvalue weighted by Gasteiger charge is -2.24. The summed E-state index contributed by atoms with van der Waals surface area (Å²) >= 11 is 0. The van der Waals surface area contributed by atoms with Crippen LogP contribution >= 0.6 is 0 Å². The lowest BCUT2D eigenvalue weighted by atomic mass is 10.1. The van der Waals surface area contributed by atoms with Crippen molar-refractivity contribution in [3.8, 4) is 0 Å². The van der Waals surface area contributed by atoms with Gasteiger partial charge in [0.2, 0.25) is 5.91 Å². The molecular formula is C20H39N5O. The van der Waals surface area contributed by atoms with Crippen molar-refractivity contribution in [1.29, 1.82) is 0 Å². The zero-order chi connectivity index (χ0) is 18.9. The van der Waals surface area contributed by atoms with Crippen LogP contribution in [0.5, 0.6) is 0 Å². The predicted molar refractivity (Wildman–Crippen MR) is 108 cm³/mol. The van der Waals surface area contributed by atoms with Gasteiger partial charge < -0.3 is 15.5 Å². The monoisotopic (exact) mass is 365 g/mol. The number of likely N-dealkylation sites (tertiary alicyclic amines) is 1. The van der Waals surface area contributed by atoms with Crippen molar-refractivity contribution in [2.75, 3.05) is 39.3 Å². The Kier molecular flexibility index (Phi) is 8.69. The Morgan fingerprint density at radius 3 is 2.58 bits per heavy atom. The number of hydrogen-bond donors (Lipinski definition) is 2. The molecule has 6 heteroatoms. The first kappa shape index (κ1) is 21.0. The average molecular weight is 366 g/mol. The van der Waals surface area contributed by atoms with Gasteiger partial charge in [0.15, 0.2) is 5.96 Å². The number of amides is 1. The molecule has 0 radical (unpaired) electrons. The third kappa shape index (κ3) is 6.15. The normalized spacial score (nSPS) is 21.8. The van der Waals surface area contributed by atoms with Gasteiger partial charge in [0.05, 0.1) is 6.54 Å². The molecule has 0 bridgehead atoms. The predicted octanol–water partition coefficient (Wildman–Crippen LogP) is 2.06. The zero-order valence-electron chi connectivity index (χ0n) is 17.3. The maximum atomic E-state index is 12.6. The van der Waals surface area contributed by atoms with Crippen molar-refractivity contribution in [1.82, 2.24) is 20.4 Å². The number of carbonyl (C=O) groups is 1. The molecule has 1 heterocycles. The Labute approximate surface area is 159 Å². The van der Waals surface area contributed by atoms with Crippen molar-refractivity contribution in [2.45, 2.75) is 71.9 Å². The molecule has 1 saturated carbocycles. The van der Waals surface area contributed by atoms with Crippen LogP contribution in [0.2, 0.25) is 0 Å². The quantitative estimate of drug-likeness (QED) is 0.511. The SMILES string of the molecule is CCNC(=NCCN(CC)C(C)C)NC1CCN(C(=O)C2CCCC2)C1. The van der Waals surface area contributed by atoms with Crippen LogP contribution in [-0.4, -0.2) is 73.0 Å². The Bertz CT molecular complexity index is 459. The number of carbonyl (C=O) groups excluding carboxylic acids is 1. The van der Waals surface area contributed by atoms with E-state index in [1.54, 1.807) is 0 Å². The molecule has 0 aromatic heterocycles. The first-order valence-corrected chi connectivity index (χ1v) is 10.6. The van der Waals surface area contributed by atoms with E-state index in [2.05, 4.69) is 48.1 Å². The third-order valence-corrected chi connectivity index (χ3v) is 5.68. The second kappa shape index (κ2) is 10.8. The van der Waals surface area contributed by atoms with E-state index >= 15 is 0 Å². The molecule has 2 N–H and O–H groups in total. The van der Waals surface area contributed by atoms with Crippen LogP contribution in [0.4, 0.5) is 0 Å². The topological polar surface area (TPSA) is 60.0 Å². The smallest absolute Gasteiger partial charge is 0.225 e. The Morgan fingerprint density at radius 2 is 1.96 bits per heavy atom. The largest absolute Gasteiger partial charge is 0.357 e. The van der Waals surface area contributed by atoms with Crippen LogP contribution in [0.25, 0.3) is 0 Å². The van der Waals surface area contributed by atoms with Crippen LogP contribution in [0, 0.1) is 5.92 Å². The molecule has 2 fully saturated rings. The van der Waals surface area contributed by atoms with Crippen LogP contribution in [0.3, 0.4) is 0 Å². The van der Waals surface area contributed by atoms with Crippen LogP contribution in [-0.2, 0) is 4.79 Å². The van der Waals surface area contributed by atoms with E-state index in [1.165, 1.54) is 12.8 Å². The molecule has 2 aliphatic rings. The molecular weight excluding hydrogens is 326 g/mol. The number of nitrogens with zero attached hydrogens (tertiary/aromatic N) is 3. The molecule has 0 aromatic rings. The maximum absolute atomic E-state index is 12.6. The molecule has 1 atom stereocenters. The second-order valence-electron chi connectivity index (χ2n) is 7.88. The highest BCUT2D eigenvalue weighted by molar-refractivity contribution is 5.81. The number of hydrogen-bond acceptors (Lipinski definition) is 3. The first-order valence-electron chi connectivity index (χ1n) is 10.6. The van der Waals surface area contributed by atoms with Gasteiger partial charge in [-0.05, 0) is 46.6 Å². The molecule has 1 amide bonds. The van der Waals surface area contributed by atoms with E-state index in [0.29, 0.717) is 18.0 Å². The number of rotatable bonds is 8. The van der Waals surface area contributed by atoms with Crippen LogP contribution in [0.15, 0.2) is 4.99 Å². The maximum Gasteiger partial charge on any atom is 0.225 e. The van der Waals surface area contributed by atoms with Crippen LogP contribution in [0.1, 0.15) is 59.8 Å². The van der Waals surface area contributed by atoms with Gasteiger partial charge in [-0.1, -0.05) is 19.8 Å². The Hall–Kier alpha value is -1.30. The number of guanidine groups is 1. The van der Waals surface area contributed by atoms with E-state index in [-0.39, 0.29) is 5.92 Å². The molecule has 1 aliphatic carbocycles. The van der Waals surface area contributed by atoms with Gasteiger partial charge in [-0.3, -0.25) is 14.7 Å². The lowest BCUT2D eigenvalue weighted by molar-refractivity contribution is -0.134. The van der Waals surface area contributed by atoms with Gasteiger partial charge in [-0.15, -0.1) is 0 Å².